The molecule has 8 nitrogen and oxygen atoms in total. The molecule has 0 bridgehead atoms. The zero-order chi connectivity index (χ0) is 22.7. The van der Waals surface area contributed by atoms with Crippen molar-refractivity contribution in [1.29, 1.82) is 0 Å². The summed E-state index contributed by atoms with van der Waals surface area (Å²) < 4.78 is 6.34. The summed E-state index contributed by atoms with van der Waals surface area (Å²) in [5, 5.41) is 9.55. The first kappa shape index (κ1) is 20.0. The molecule has 33 heavy (non-hydrogen) atoms. The number of hydrogen-bond acceptors (Lipinski definition) is 6. The summed E-state index contributed by atoms with van der Waals surface area (Å²) in [6.45, 7) is 7.82. The summed E-state index contributed by atoms with van der Waals surface area (Å²) in [4.78, 5) is 25.4. The molecule has 4 aromatic rings. The van der Waals surface area contributed by atoms with E-state index in [9.17, 15) is 4.79 Å². The average Bonchev–Trinajstić information content (AvgIpc) is 3.24. The number of anilines is 1. The number of H-pyrrole nitrogens is 1. The van der Waals surface area contributed by atoms with Crippen molar-refractivity contribution in [3.8, 4) is 16.9 Å². The van der Waals surface area contributed by atoms with Crippen molar-refractivity contribution in [3.63, 3.8) is 0 Å². The third-order valence-corrected chi connectivity index (χ3v) is 6.94. The maximum atomic E-state index is 12.2. The second-order valence-corrected chi connectivity index (χ2v) is 8.77. The van der Waals surface area contributed by atoms with Crippen LogP contribution >= 0.6 is 11.6 Å². The molecular weight excluding hydrogens is 440 g/mol. The summed E-state index contributed by atoms with van der Waals surface area (Å²) in [5.74, 6) is 1.29. The lowest BCUT2D eigenvalue weighted by molar-refractivity contribution is -0.126. The van der Waals surface area contributed by atoms with Gasteiger partial charge in [0.2, 0.25) is 5.91 Å². The molecule has 0 spiro atoms. The quantitative estimate of drug-likeness (QED) is 0.459. The van der Waals surface area contributed by atoms with E-state index in [0.29, 0.717) is 37.0 Å². The molecule has 2 aromatic heterocycles. The van der Waals surface area contributed by atoms with Gasteiger partial charge >= 0.3 is 0 Å². The molecular formula is C24H21ClN6O2. The number of amides is 1. The number of hydrogen-bond donors (Lipinski definition) is 1. The summed E-state index contributed by atoms with van der Waals surface area (Å²) in [6, 6.07) is 6.01. The van der Waals surface area contributed by atoms with Gasteiger partial charge in [-0.05, 0) is 36.3 Å². The molecule has 1 atom stereocenters. The van der Waals surface area contributed by atoms with Crippen molar-refractivity contribution in [3.05, 3.63) is 54.0 Å². The van der Waals surface area contributed by atoms with Crippen LogP contribution in [0, 0.1) is 6.92 Å². The standard InChI is InChI=1S/C24H21ClN6O2/c1-3-19(32)30-6-7-31-14(10-30)11-33-23-21-18(26-12-27-24(21)31)8-15(22(23)25)20-13(2)4-5-17-16(20)9-28-29-17/h3-5,8-9,12,14H,1,6-7,10-11H2,2H3,(H,28,29)/t14-/m0/s1. The molecule has 6 rings (SSSR count). The Morgan fingerprint density at radius 3 is 3.06 bits per heavy atom. The molecule has 9 heteroatoms. The Morgan fingerprint density at radius 2 is 2.21 bits per heavy atom. The molecule has 1 fully saturated rings. The van der Waals surface area contributed by atoms with Crippen LogP contribution in [-0.4, -0.2) is 63.3 Å². The van der Waals surface area contributed by atoms with Crippen LogP contribution in [0.5, 0.6) is 5.75 Å². The van der Waals surface area contributed by atoms with Crippen molar-refractivity contribution < 1.29 is 9.53 Å². The topological polar surface area (TPSA) is 87.2 Å². The van der Waals surface area contributed by atoms with Crippen molar-refractivity contribution in [2.75, 3.05) is 31.1 Å². The van der Waals surface area contributed by atoms with Gasteiger partial charge in [-0.3, -0.25) is 9.89 Å². The number of carbonyl (C=O) groups excluding carboxylic acids is 1. The molecule has 0 unspecified atom stereocenters. The summed E-state index contributed by atoms with van der Waals surface area (Å²) in [7, 11) is 0. The van der Waals surface area contributed by atoms with E-state index in [0.717, 1.165) is 44.3 Å². The number of nitrogens with zero attached hydrogens (tertiary/aromatic N) is 5. The van der Waals surface area contributed by atoms with Crippen molar-refractivity contribution >= 4 is 45.1 Å². The first-order valence-electron chi connectivity index (χ1n) is 10.8. The minimum Gasteiger partial charge on any atom is -0.489 e. The van der Waals surface area contributed by atoms with Crippen LogP contribution in [0.25, 0.3) is 32.9 Å². The SMILES string of the molecule is C=CC(=O)N1CCN2c3ncnc4cc(-c5c(C)ccc6[nH]ncc56)c(Cl)c(c34)OC[C@@H]2C1. The fourth-order valence-corrected chi connectivity index (χ4v) is 5.25. The van der Waals surface area contributed by atoms with E-state index in [1.54, 1.807) is 11.2 Å². The van der Waals surface area contributed by atoms with Gasteiger partial charge in [0.25, 0.3) is 0 Å². The van der Waals surface area contributed by atoms with Gasteiger partial charge in [-0.25, -0.2) is 9.97 Å². The van der Waals surface area contributed by atoms with Crippen molar-refractivity contribution in [1.82, 2.24) is 25.1 Å². The summed E-state index contributed by atoms with van der Waals surface area (Å²) >= 11 is 7.03. The van der Waals surface area contributed by atoms with Gasteiger partial charge in [0.05, 0.1) is 33.7 Å². The molecule has 0 saturated carbocycles. The normalized spacial score (nSPS) is 17.6. The Labute approximate surface area is 194 Å². The van der Waals surface area contributed by atoms with Crippen molar-refractivity contribution in [2.45, 2.75) is 13.0 Å². The fraction of sp³-hybridized carbons (Fsp3) is 0.250. The third-order valence-electron chi connectivity index (χ3n) is 6.56. The van der Waals surface area contributed by atoms with Crippen LogP contribution in [0.15, 0.2) is 43.4 Å². The number of carbonyl (C=O) groups is 1. The van der Waals surface area contributed by atoms with E-state index in [2.05, 4.69) is 38.6 Å². The van der Waals surface area contributed by atoms with Crippen LogP contribution in [-0.2, 0) is 4.79 Å². The van der Waals surface area contributed by atoms with Crippen LogP contribution in [0.3, 0.4) is 0 Å². The van der Waals surface area contributed by atoms with Gasteiger partial charge in [-0.15, -0.1) is 0 Å². The second kappa shape index (κ2) is 7.45. The molecule has 2 aliphatic rings. The molecule has 1 amide bonds. The minimum absolute atomic E-state index is 0.0493. The predicted molar refractivity (Wildman–Crippen MR) is 128 cm³/mol. The van der Waals surface area contributed by atoms with E-state index in [1.807, 2.05) is 24.4 Å². The van der Waals surface area contributed by atoms with E-state index >= 15 is 0 Å². The second-order valence-electron chi connectivity index (χ2n) is 8.39. The number of nitrogens with one attached hydrogen (secondary N) is 1. The van der Waals surface area contributed by atoms with Gasteiger partial charge < -0.3 is 14.5 Å². The lowest BCUT2D eigenvalue weighted by Crippen LogP contribution is -2.56. The van der Waals surface area contributed by atoms with Crippen LogP contribution in [0.1, 0.15) is 5.56 Å². The van der Waals surface area contributed by atoms with Gasteiger partial charge in [-0.2, -0.15) is 5.10 Å². The number of rotatable bonds is 2. The van der Waals surface area contributed by atoms with Gasteiger partial charge in [0.15, 0.2) is 5.75 Å². The first-order chi connectivity index (χ1) is 16.1. The molecule has 1 N–H and O–H groups in total. The monoisotopic (exact) mass is 460 g/mol. The molecule has 0 radical (unpaired) electrons. The van der Waals surface area contributed by atoms with E-state index in [-0.39, 0.29) is 11.9 Å². The Balaban J connectivity index is 1.53. The van der Waals surface area contributed by atoms with E-state index in [4.69, 9.17) is 16.3 Å². The van der Waals surface area contributed by atoms with Gasteiger partial charge in [0.1, 0.15) is 18.8 Å². The largest absolute Gasteiger partial charge is 0.489 e. The molecule has 4 heterocycles. The highest BCUT2D eigenvalue weighted by atomic mass is 35.5. The van der Waals surface area contributed by atoms with Gasteiger partial charge in [0, 0.05) is 30.6 Å². The molecule has 2 aliphatic heterocycles. The number of halogens is 1. The van der Waals surface area contributed by atoms with Crippen LogP contribution in [0.2, 0.25) is 5.02 Å². The number of piperazine rings is 1. The van der Waals surface area contributed by atoms with Gasteiger partial charge in [-0.1, -0.05) is 24.2 Å². The highest BCUT2D eigenvalue weighted by Crippen LogP contribution is 2.47. The van der Waals surface area contributed by atoms with E-state index < -0.39 is 0 Å². The maximum Gasteiger partial charge on any atom is 0.246 e. The Bertz CT molecular complexity index is 1450. The molecule has 2 aromatic carbocycles. The molecule has 166 valence electrons. The highest BCUT2D eigenvalue weighted by Gasteiger charge is 2.35. The summed E-state index contributed by atoms with van der Waals surface area (Å²) in [5.41, 5.74) is 4.62. The minimum atomic E-state index is -0.0757. The molecule has 1 saturated heterocycles. The zero-order valence-electron chi connectivity index (χ0n) is 18.0. The Hall–Kier alpha value is -3.65. The number of fused-ring (bicyclic) bond motifs is 3. The lowest BCUT2D eigenvalue weighted by Gasteiger charge is -2.40. The lowest BCUT2D eigenvalue weighted by atomic mass is 9.95. The smallest absolute Gasteiger partial charge is 0.246 e. The van der Waals surface area contributed by atoms with Crippen LogP contribution in [0.4, 0.5) is 5.82 Å². The first-order valence-corrected chi connectivity index (χ1v) is 11.2. The fourth-order valence-electron chi connectivity index (χ4n) is 4.95. The molecule has 0 aliphatic carbocycles. The predicted octanol–water partition coefficient (Wildman–Crippen LogP) is 3.73. The number of aryl methyl sites for hydroxylation is 1. The Morgan fingerprint density at radius 1 is 1.33 bits per heavy atom. The number of aromatic nitrogens is 4. The maximum absolute atomic E-state index is 12.2. The highest BCUT2D eigenvalue weighted by molar-refractivity contribution is 6.37. The van der Waals surface area contributed by atoms with Crippen molar-refractivity contribution in [2.24, 2.45) is 0 Å². The third kappa shape index (κ3) is 2.97. The summed E-state index contributed by atoms with van der Waals surface area (Å²) in [6.07, 6.45) is 4.74. The van der Waals surface area contributed by atoms with Crippen LogP contribution < -0.4 is 9.64 Å². The van der Waals surface area contributed by atoms with E-state index in [1.165, 1.54) is 6.08 Å². The number of benzene rings is 2. The zero-order valence-corrected chi connectivity index (χ0v) is 18.8. The Kier molecular flexibility index (Phi) is 4.51. The average molecular weight is 461 g/mol. The number of ether oxygens (including phenoxy) is 1. The number of aromatic amines is 1.